The second-order valence-corrected chi connectivity index (χ2v) is 7.12. The van der Waals surface area contributed by atoms with E-state index in [0.717, 1.165) is 35.1 Å². The summed E-state index contributed by atoms with van der Waals surface area (Å²) in [6.07, 6.45) is 2.78. The summed E-state index contributed by atoms with van der Waals surface area (Å²) in [6.45, 7) is 2.03. The maximum Gasteiger partial charge on any atom is 0.328 e. The second-order valence-electron chi connectivity index (χ2n) is 7.12. The van der Waals surface area contributed by atoms with E-state index in [-0.39, 0.29) is 24.1 Å². The van der Waals surface area contributed by atoms with Gasteiger partial charge >= 0.3 is 5.69 Å². The molecule has 144 valence electrons. The molecule has 1 aliphatic rings. The van der Waals surface area contributed by atoms with Crippen molar-refractivity contribution in [1.82, 2.24) is 14.9 Å². The summed E-state index contributed by atoms with van der Waals surface area (Å²) in [7, 11) is 0. The van der Waals surface area contributed by atoms with E-state index >= 15 is 0 Å². The number of rotatable bonds is 3. The lowest BCUT2D eigenvalue weighted by Gasteiger charge is -2.26. The molecule has 1 aromatic heterocycles. The Kier molecular flexibility index (Phi) is 4.50. The van der Waals surface area contributed by atoms with Gasteiger partial charge in [0.25, 0.3) is 11.5 Å². The zero-order valence-electron chi connectivity index (χ0n) is 15.6. The van der Waals surface area contributed by atoms with Gasteiger partial charge in [-0.15, -0.1) is 0 Å². The van der Waals surface area contributed by atoms with E-state index in [1.165, 1.54) is 5.56 Å². The molecule has 0 radical (unpaired) electrons. The fraction of sp³-hybridized carbons (Fsp3) is 0.286. The number of aromatic amines is 1. The van der Waals surface area contributed by atoms with Gasteiger partial charge in [-0.3, -0.25) is 14.2 Å². The van der Waals surface area contributed by atoms with Gasteiger partial charge in [0.1, 0.15) is 0 Å². The van der Waals surface area contributed by atoms with Crippen LogP contribution in [0.1, 0.15) is 47.3 Å². The van der Waals surface area contributed by atoms with Crippen LogP contribution < -0.4 is 22.3 Å². The van der Waals surface area contributed by atoms with E-state index in [2.05, 4.69) is 10.3 Å². The minimum Gasteiger partial charge on any atom is -0.399 e. The molecule has 1 aliphatic carbocycles. The zero-order valence-corrected chi connectivity index (χ0v) is 15.6. The van der Waals surface area contributed by atoms with Crippen molar-refractivity contribution < 1.29 is 4.79 Å². The first-order valence-electron chi connectivity index (χ1n) is 9.44. The Balaban J connectivity index is 1.65. The van der Waals surface area contributed by atoms with Gasteiger partial charge in [-0.25, -0.2) is 4.79 Å². The smallest absolute Gasteiger partial charge is 0.328 e. The molecule has 0 fully saturated rings. The van der Waals surface area contributed by atoms with Crippen LogP contribution >= 0.6 is 0 Å². The maximum atomic E-state index is 12.8. The summed E-state index contributed by atoms with van der Waals surface area (Å²) >= 11 is 0. The van der Waals surface area contributed by atoms with Crippen molar-refractivity contribution in [2.24, 2.45) is 0 Å². The minimum atomic E-state index is -0.476. The van der Waals surface area contributed by atoms with Crippen LogP contribution in [-0.2, 0) is 13.0 Å². The lowest BCUT2D eigenvalue weighted by atomic mass is 9.87. The van der Waals surface area contributed by atoms with Gasteiger partial charge in [-0.2, -0.15) is 0 Å². The predicted octanol–water partition coefficient (Wildman–Crippen LogP) is 2.10. The van der Waals surface area contributed by atoms with Crippen molar-refractivity contribution in [2.75, 3.05) is 5.73 Å². The first-order chi connectivity index (χ1) is 13.5. The summed E-state index contributed by atoms with van der Waals surface area (Å²) < 4.78 is 1.13. The van der Waals surface area contributed by atoms with Crippen LogP contribution in [-0.4, -0.2) is 15.5 Å². The zero-order chi connectivity index (χ0) is 19.8. The van der Waals surface area contributed by atoms with Crippen molar-refractivity contribution >= 4 is 22.5 Å². The Labute approximate surface area is 161 Å². The second kappa shape index (κ2) is 6.99. The number of aromatic nitrogens is 2. The average Bonchev–Trinajstić information content (AvgIpc) is 2.67. The third-order valence-corrected chi connectivity index (χ3v) is 5.35. The standard InChI is InChI=1S/C21H22N4O3/c1-2-25-20(27)16-8-6-13(11-18(16)24-21(25)28)19(26)23-17-5-3-4-12-10-14(22)7-9-15(12)17/h6-11,17H,2-5,22H2,1H3,(H,23,26)(H,24,28). The van der Waals surface area contributed by atoms with E-state index < -0.39 is 5.69 Å². The number of aryl methyl sites for hydroxylation is 1. The van der Waals surface area contributed by atoms with Crippen molar-refractivity contribution in [2.45, 2.75) is 38.8 Å². The highest BCUT2D eigenvalue weighted by atomic mass is 16.2. The monoisotopic (exact) mass is 378 g/mol. The number of benzene rings is 2. The average molecular weight is 378 g/mol. The molecule has 4 rings (SSSR count). The molecule has 7 nitrogen and oxygen atoms in total. The van der Waals surface area contributed by atoms with Crippen LogP contribution in [0.5, 0.6) is 0 Å². The number of amides is 1. The summed E-state index contributed by atoms with van der Waals surface area (Å²) in [5, 5.41) is 3.46. The molecular weight excluding hydrogens is 356 g/mol. The first-order valence-corrected chi connectivity index (χ1v) is 9.44. The van der Waals surface area contributed by atoms with Crippen LogP contribution in [0.4, 0.5) is 5.69 Å². The molecule has 1 amide bonds. The normalized spacial score (nSPS) is 16.0. The molecule has 0 aliphatic heterocycles. The number of nitrogen functional groups attached to an aromatic ring is 1. The number of nitrogens with one attached hydrogen (secondary N) is 2. The fourth-order valence-corrected chi connectivity index (χ4v) is 3.91. The van der Waals surface area contributed by atoms with E-state index in [4.69, 9.17) is 5.73 Å². The fourth-order valence-electron chi connectivity index (χ4n) is 3.91. The van der Waals surface area contributed by atoms with E-state index in [9.17, 15) is 14.4 Å². The number of anilines is 1. The van der Waals surface area contributed by atoms with Gasteiger partial charge < -0.3 is 16.0 Å². The quantitative estimate of drug-likeness (QED) is 0.606. The number of hydrogen-bond donors (Lipinski definition) is 3. The first kappa shape index (κ1) is 18.0. The highest BCUT2D eigenvalue weighted by molar-refractivity contribution is 5.97. The summed E-state index contributed by atoms with van der Waals surface area (Å²) in [4.78, 5) is 39.9. The van der Waals surface area contributed by atoms with Gasteiger partial charge in [0, 0.05) is 17.8 Å². The largest absolute Gasteiger partial charge is 0.399 e. The molecule has 0 spiro atoms. The van der Waals surface area contributed by atoms with Gasteiger partial charge in [0.15, 0.2) is 0 Å². The molecular formula is C21H22N4O3. The lowest BCUT2D eigenvalue weighted by Crippen LogP contribution is -2.34. The third kappa shape index (κ3) is 3.09. The van der Waals surface area contributed by atoms with E-state index in [1.807, 2.05) is 18.2 Å². The number of fused-ring (bicyclic) bond motifs is 2. The molecule has 3 aromatic rings. The van der Waals surface area contributed by atoms with Crippen LogP contribution in [0.3, 0.4) is 0 Å². The van der Waals surface area contributed by atoms with Crippen molar-refractivity contribution in [1.29, 1.82) is 0 Å². The topological polar surface area (TPSA) is 110 Å². The molecule has 1 heterocycles. The van der Waals surface area contributed by atoms with Gasteiger partial charge in [-0.05, 0) is 67.6 Å². The molecule has 1 atom stereocenters. The Morgan fingerprint density at radius 2 is 2.07 bits per heavy atom. The van der Waals surface area contributed by atoms with Crippen LogP contribution in [0.2, 0.25) is 0 Å². The number of hydrogen-bond acceptors (Lipinski definition) is 4. The Morgan fingerprint density at radius 3 is 2.86 bits per heavy atom. The molecule has 1 unspecified atom stereocenters. The SMILES string of the molecule is CCn1c(=O)[nH]c2cc(C(=O)NC3CCCc4cc(N)ccc43)ccc2c1=O. The highest BCUT2D eigenvalue weighted by Gasteiger charge is 2.22. The van der Waals surface area contributed by atoms with Gasteiger partial charge in [-0.1, -0.05) is 6.07 Å². The molecule has 0 saturated carbocycles. The Morgan fingerprint density at radius 1 is 1.25 bits per heavy atom. The lowest BCUT2D eigenvalue weighted by molar-refractivity contribution is 0.0933. The minimum absolute atomic E-state index is 0.0836. The van der Waals surface area contributed by atoms with Crippen LogP contribution in [0.25, 0.3) is 10.9 Å². The maximum absolute atomic E-state index is 12.8. The summed E-state index contributed by atoms with van der Waals surface area (Å²) in [5.74, 6) is -0.239. The molecule has 7 heteroatoms. The van der Waals surface area contributed by atoms with E-state index in [1.54, 1.807) is 25.1 Å². The van der Waals surface area contributed by atoms with Crippen LogP contribution in [0.15, 0.2) is 46.0 Å². The number of nitrogens with two attached hydrogens (primary N) is 1. The van der Waals surface area contributed by atoms with Gasteiger partial charge in [0.05, 0.1) is 16.9 Å². The van der Waals surface area contributed by atoms with Crippen molar-refractivity contribution in [3.63, 3.8) is 0 Å². The molecule has 0 bridgehead atoms. The summed E-state index contributed by atoms with van der Waals surface area (Å²) in [6, 6.07) is 10.5. The van der Waals surface area contributed by atoms with Crippen molar-refractivity contribution in [3.05, 3.63) is 73.9 Å². The number of carbonyl (C=O) groups excluding carboxylic acids is 1. The third-order valence-electron chi connectivity index (χ3n) is 5.35. The summed E-state index contributed by atoms with van der Waals surface area (Å²) in [5.41, 5.74) is 8.79. The van der Waals surface area contributed by atoms with Gasteiger partial charge in [0.2, 0.25) is 0 Å². The number of nitrogens with zero attached hydrogens (tertiary/aromatic N) is 1. The Hall–Kier alpha value is -3.35. The van der Waals surface area contributed by atoms with Crippen LogP contribution in [0, 0.1) is 0 Å². The predicted molar refractivity (Wildman–Crippen MR) is 109 cm³/mol. The molecule has 4 N–H and O–H groups in total. The highest BCUT2D eigenvalue weighted by Crippen LogP contribution is 2.31. The number of carbonyl (C=O) groups is 1. The Bertz CT molecular complexity index is 1190. The molecule has 2 aromatic carbocycles. The molecule has 28 heavy (non-hydrogen) atoms. The van der Waals surface area contributed by atoms with E-state index in [0.29, 0.717) is 16.5 Å². The number of H-pyrrole nitrogens is 1. The molecule has 0 saturated heterocycles. The van der Waals surface area contributed by atoms with Crippen molar-refractivity contribution in [3.8, 4) is 0 Å².